The summed E-state index contributed by atoms with van der Waals surface area (Å²) in [7, 11) is 0. The molecule has 0 atom stereocenters. The average Bonchev–Trinajstić information content (AvgIpc) is 2.55. The van der Waals surface area contributed by atoms with E-state index in [4.69, 9.17) is 0 Å². The van der Waals surface area contributed by atoms with Crippen molar-refractivity contribution in [3.05, 3.63) is 22.9 Å². The molecule has 0 spiro atoms. The SMILES string of the molecule is C1OO1.c1ccsc1. The van der Waals surface area contributed by atoms with Gasteiger partial charge in [0, 0.05) is 0 Å². The maximum atomic E-state index is 4.00. The summed E-state index contributed by atoms with van der Waals surface area (Å²) in [6, 6.07) is 4.04. The van der Waals surface area contributed by atoms with Crippen molar-refractivity contribution in [2.24, 2.45) is 0 Å². The molecule has 0 bridgehead atoms. The Bertz CT molecular complexity index is 94.0. The lowest BCUT2D eigenvalue weighted by molar-refractivity contribution is 0.0850. The third kappa shape index (κ3) is 3.80. The first-order valence-corrected chi connectivity index (χ1v) is 3.16. The van der Waals surface area contributed by atoms with Crippen molar-refractivity contribution in [2.45, 2.75) is 0 Å². The summed E-state index contributed by atoms with van der Waals surface area (Å²) in [5.74, 6) is 0. The van der Waals surface area contributed by atoms with E-state index < -0.39 is 0 Å². The Labute approximate surface area is 51.6 Å². The Morgan fingerprint density at radius 1 is 1.12 bits per heavy atom. The summed E-state index contributed by atoms with van der Waals surface area (Å²) in [4.78, 5) is 8.00. The van der Waals surface area contributed by atoms with E-state index in [1.54, 1.807) is 11.3 Å². The van der Waals surface area contributed by atoms with Gasteiger partial charge in [-0.3, -0.25) is 0 Å². The minimum absolute atomic E-state index is 0.500. The maximum Gasteiger partial charge on any atom is 0.214 e. The Balaban J connectivity index is 0.0000000907. The van der Waals surface area contributed by atoms with Crippen LogP contribution in [0.15, 0.2) is 22.9 Å². The molecule has 1 aliphatic heterocycles. The van der Waals surface area contributed by atoms with Crippen molar-refractivity contribution in [1.29, 1.82) is 0 Å². The van der Waals surface area contributed by atoms with Gasteiger partial charge in [-0.05, 0) is 10.8 Å². The van der Waals surface area contributed by atoms with E-state index in [2.05, 4.69) is 9.78 Å². The highest BCUT2D eigenvalue weighted by atomic mass is 32.1. The molecule has 0 amide bonds. The van der Waals surface area contributed by atoms with E-state index in [-0.39, 0.29) is 0 Å². The fourth-order valence-electron chi connectivity index (χ4n) is 0.227. The minimum Gasteiger partial charge on any atom is -0.202 e. The summed E-state index contributed by atoms with van der Waals surface area (Å²) in [6.45, 7) is 0.500. The molecule has 2 heterocycles. The minimum atomic E-state index is 0.500. The fourth-order valence-corrected chi connectivity index (χ4v) is 0.680. The van der Waals surface area contributed by atoms with Crippen molar-refractivity contribution in [2.75, 3.05) is 6.79 Å². The molecule has 1 aliphatic rings. The molecular weight excluding hydrogens is 124 g/mol. The maximum absolute atomic E-state index is 4.00. The van der Waals surface area contributed by atoms with Gasteiger partial charge in [-0.25, -0.2) is 9.78 Å². The zero-order valence-corrected chi connectivity index (χ0v) is 5.06. The molecular formula is C5H6O2S. The van der Waals surface area contributed by atoms with Crippen LogP contribution < -0.4 is 0 Å². The van der Waals surface area contributed by atoms with Crippen LogP contribution in [0.5, 0.6) is 0 Å². The summed E-state index contributed by atoms with van der Waals surface area (Å²) in [5, 5.41) is 4.08. The van der Waals surface area contributed by atoms with Crippen molar-refractivity contribution >= 4 is 11.3 Å². The van der Waals surface area contributed by atoms with Crippen LogP contribution >= 0.6 is 11.3 Å². The molecule has 8 heavy (non-hydrogen) atoms. The second kappa shape index (κ2) is 3.60. The van der Waals surface area contributed by atoms with Gasteiger partial charge in [-0.15, -0.1) is 0 Å². The highest BCUT2D eigenvalue weighted by Gasteiger charge is 1.95. The molecule has 1 aromatic rings. The first kappa shape index (κ1) is 5.75. The first-order chi connectivity index (χ1) is 4.00. The smallest absolute Gasteiger partial charge is 0.202 e. The third-order valence-corrected chi connectivity index (χ3v) is 1.17. The quantitative estimate of drug-likeness (QED) is 0.394. The number of thiophene rings is 1. The molecule has 44 valence electrons. The van der Waals surface area contributed by atoms with Crippen LogP contribution in [0.4, 0.5) is 0 Å². The van der Waals surface area contributed by atoms with E-state index >= 15 is 0 Å². The molecule has 2 rings (SSSR count). The number of hydrogen-bond acceptors (Lipinski definition) is 3. The second-order valence-electron chi connectivity index (χ2n) is 1.15. The molecule has 2 nitrogen and oxygen atoms in total. The van der Waals surface area contributed by atoms with E-state index in [0.717, 1.165) is 0 Å². The largest absolute Gasteiger partial charge is 0.214 e. The van der Waals surface area contributed by atoms with Crippen LogP contribution in [-0.2, 0) is 9.78 Å². The molecule has 0 saturated carbocycles. The topological polar surface area (TPSA) is 25.1 Å². The normalized spacial score (nSPS) is 14.0. The highest BCUT2D eigenvalue weighted by Crippen LogP contribution is 1.91. The second-order valence-corrected chi connectivity index (χ2v) is 1.96. The van der Waals surface area contributed by atoms with Gasteiger partial charge in [0.2, 0.25) is 6.79 Å². The summed E-state index contributed by atoms with van der Waals surface area (Å²) < 4.78 is 0. The zero-order chi connectivity index (χ0) is 5.66. The van der Waals surface area contributed by atoms with Gasteiger partial charge in [0.25, 0.3) is 0 Å². The number of hydrogen-bond donors (Lipinski definition) is 0. The fraction of sp³-hybridized carbons (Fsp3) is 0.200. The number of rotatable bonds is 0. The van der Waals surface area contributed by atoms with Crippen LogP contribution in [0.25, 0.3) is 0 Å². The van der Waals surface area contributed by atoms with Crippen LogP contribution in [0.1, 0.15) is 0 Å². The van der Waals surface area contributed by atoms with E-state index in [1.165, 1.54) is 0 Å². The molecule has 1 aromatic heterocycles. The lowest BCUT2D eigenvalue weighted by atomic mass is 10.7. The Morgan fingerprint density at radius 2 is 1.62 bits per heavy atom. The van der Waals surface area contributed by atoms with E-state index in [1.807, 2.05) is 22.9 Å². The van der Waals surface area contributed by atoms with Gasteiger partial charge in [0.15, 0.2) is 0 Å². The predicted molar refractivity (Wildman–Crippen MR) is 31.4 cm³/mol. The molecule has 0 radical (unpaired) electrons. The molecule has 1 saturated heterocycles. The van der Waals surface area contributed by atoms with Gasteiger partial charge in [0.05, 0.1) is 0 Å². The van der Waals surface area contributed by atoms with Gasteiger partial charge in [0.1, 0.15) is 0 Å². The van der Waals surface area contributed by atoms with Crippen molar-refractivity contribution in [3.63, 3.8) is 0 Å². The highest BCUT2D eigenvalue weighted by molar-refractivity contribution is 7.07. The predicted octanol–water partition coefficient (Wildman–Crippen LogP) is 1.65. The van der Waals surface area contributed by atoms with Crippen LogP contribution in [0.3, 0.4) is 0 Å². The summed E-state index contributed by atoms with van der Waals surface area (Å²) >= 11 is 1.71. The van der Waals surface area contributed by atoms with Crippen LogP contribution in [-0.4, -0.2) is 6.79 Å². The average molecular weight is 130 g/mol. The van der Waals surface area contributed by atoms with E-state index in [0.29, 0.717) is 6.79 Å². The standard InChI is InChI=1S/C4H4S.CH2O2/c1-2-4-5-3-1;1-2-3-1/h1-4H;1H2. The third-order valence-electron chi connectivity index (χ3n) is 0.543. The van der Waals surface area contributed by atoms with Crippen molar-refractivity contribution < 1.29 is 9.78 Å². The Morgan fingerprint density at radius 3 is 1.75 bits per heavy atom. The van der Waals surface area contributed by atoms with Crippen molar-refractivity contribution in [3.8, 4) is 0 Å². The van der Waals surface area contributed by atoms with Crippen LogP contribution in [0.2, 0.25) is 0 Å². The first-order valence-electron chi connectivity index (χ1n) is 2.22. The summed E-state index contributed by atoms with van der Waals surface area (Å²) in [6.07, 6.45) is 0. The van der Waals surface area contributed by atoms with E-state index in [9.17, 15) is 0 Å². The van der Waals surface area contributed by atoms with Gasteiger partial charge < -0.3 is 0 Å². The monoisotopic (exact) mass is 130 g/mol. The Hall–Kier alpha value is -0.380. The molecule has 0 N–H and O–H groups in total. The Kier molecular flexibility index (Phi) is 2.59. The molecule has 0 aliphatic carbocycles. The van der Waals surface area contributed by atoms with Crippen LogP contribution in [0, 0.1) is 0 Å². The summed E-state index contributed by atoms with van der Waals surface area (Å²) in [5.41, 5.74) is 0. The van der Waals surface area contributed by atoms with Gasteiger partial charge in [-0.1, -0.05) is 12.1 Å². The molecule has 0 unspecified atom stereocenters. The van der Waals surface area contributed by atoms with Gasteiger partial charge in [-0.2, -0.15) is 11.3 Å². The van der Waals surface area contributed by atoms with Crippen molar-refractivity contribution in [1.82, 2.24) is 0 Å². The van der Waals surface area contributed by atoms with Gasteiger partial charge >= 0.3 is 0 Å². The lowest BCUT2D eigenvalue weighted by Crippen LogP contribution is -1.16. The molecule has 3 heteroatoms. The lowest BCUT2D eigenvalue weighted by Gasteiger charge is -1.39. The zero-order valence-electron chi connectivity index (χ0n) is 4.24. The molecule has 0 aromatic carbocycles. The molecule has 1 fully saturated rings.